The van der Waals surface area contributed by atoms with E-state index in [9.17, 15) is 0 Å². The highest BCUT2D eigenvalue weighted by molar-refractivity contribution is 5.68. The normalized spacial score (nSPS) is 11.8. The van der Waals surface area contributed by atoms with E-state index in [2.05, 4.69) is 56.9 Å². The van der Waals surface area contributed by atoms with E-state index in [1.807, 2.05) is 0 Å². The molecule has 0 unspecified atom stereocenters. The van der Waals surface area contributed by atoms with Crippen LogP contribution in [0.4, 0.5) is 0 Å². The molecular weight excluding hydrogens is 508 g/mol. The van der Waals surface area contributed by atoms with Gasteiger partial charge in [0.1, 0.15) is 0 Å². The standard InChI is InChI=1S/C40H72N2/c1-5-7-8-9-10-11-12-13-14-15-16-17-18-19-20-21-22-23-24-25-28-37(4)42-34-32-39(6-2)40-35-38(29-26-27-33-41)31-30-36(40)3/h6,30-31,35,42H,4-5,7-29,32-34,41H2,1-3H3/b39-6-. The molecule has 0 radical (unpaired) electrons. The smallest absolute Gasteiger partial charge is 0.0184 e. The van der Waals surface area contributed by atoms with Gasteiger partial charge in [0.15, 0.2) is 0 Å². The summed E-state index contributed by atoms with van der Waals surface area (Å²) >= 11 is 0. The summed E-state index contributed by atoms with van der Waals surface area (Å²) in [6.45, 7) is 12.8. The second-order valence-corrected chi connectivity index (χ2v) is 13.0. The Kier molecular flexibility index (Phi) is 25.9. The van der Waals surface area contributed by atoms with Gasteiger partial charge in [-0.25, -0.2) is 0 Å². The number of hydrogen-bond donors (Lipinski definition) is 2. The lowest BCUT2D eigenvalue weighted by Crippen LogP contribution is -2.14. The summed E-state index contributed by atoms with van der Waals surface area (Å²) in [5.41, 5.74) is 12.5. The number of nitrogens with two attached hydrogens (primary N) is 1. The summed E-state index contributed by atoms with van der Waals surface area (Å²) in [7, 11) is 0. The summed E-state index contributed by atoms with van der Waals surface area (Å²) in [6, 6.07) is 6.96. The molecule has 1 aromatic rings. The molecule has 2 heteroatoms. The van der Waals surface area contributed by atoms with Crippen molar-refractivity contribution in [3.8, 4) is 0 Å². The lowest BCUT2D eigenvalue weighted by atomic mass is 9.94. The maximum absolute atomic E-state index is 5.68. The molecule has 3 N–H and O–H groups in total. The Morgan fingerprint density at radius 3 is 1.67 bits per heavy atom. The molecule has 1 rings (SSSR count). The fourth-order valence-corrected chi connectivity index (χ4v) is 6.13. The van der Waals surface area contributed by atoms with Crippen molar-refractivity contribution >= 4 is 5.57 Å². The van der Waals surface area contributed by atoms with E-state index in [4.69, 9.17) is 5.73 Å². The van der Waals surface area contributed by atoms with Crippen LogP contribution in [0.2, 0.25) is 0 Å². The summed E-state index contributed by atoms with van der Waals surface area (Å²) in [5.74, 6) is 0. The number of aryl methyl sites for hydroxylation is 2. The van der Waals surface area contributed by atoms with Gasteiger partial charge < -0.3 is 11.1 Å². The molecule has 242 valence electrons. The molecule has 42 heavy (non-hydrogen) atoms. The summed E-state index contributed by atoms with van der Waals surface area (Å²) < 4.78 is 0. The molecule has 0 heterocycles. The van der Waals surface area contributed by atoms with Gasteiger partial charge >= 0.3 is 0 Å². The van der Waals surface area contributed by atoms with Crippen LogP contribution in [0.5, 0.6) is 0 Å². The van der Waals surface area contributed by atoms with Crippen molar-refractivity contribution < 1.29 is 0 Å². The van der Waals surface area contributed by atoms with E-state index < -0.39 is 0 Å². The molecule has 0 fully saturated rings. The molecule has 0 aliphatic heterocycles. The van der Waals surface area contributed by atoms with Crippen molar-refractivity contribution in [1.29, 1.82) is 0 Å². The minimum Gasteiger partial charge on any atom is -0.388 e. The Hall–Kier alpha value is -1.54. The van der Waals surface area contributed by atoms with Gasteiger partial charge in [0, 0.05) is 12.2 Å². The molecule has 1 aromatic carbocycles. The minimum absolute atomic E-state index is 0.786. The monoisotopic (exact) mass is 581 g/mol. The topological polar surface area (TPSA) is 38.0 Å². The predicted molar refractivity (Wildman–Crippen MR) is 191 cm³/mol. The number of allylic oxidation sites excluding steroid dienone is 2. The van der Waals surface area contributed by atoms with Gasteiger partial charge in [-0.2, -0.15) is 0 Å². The van der Waals surface area contributed by atoms with Crippen LogP contribution in [0.25, 0.3) is 5.57 Å². The zero-order valence-electron chi connectivity index (χ0n) is 28.7. The van der Waals surface area contributed by atoms with Crippen LogP contribution in [0.3, 0.4) is 0 Å². The Balaban J connectivity index is 1.95. The summed E-state index contributed by atoms with van der Waals surface area (Å²) in [5, 5.41) is 3.60. The number of unbranched alkanes of at least 4 members (excludes halogenated alkanes) is 20. The maximum atomic E-state index is 5.68. The number of benzene rings is 1. The average molecular weight is 581 g/mol. The summed E-state index contributed by atoms with van der Waals surface area (Å²) in [4.78, 5) is 0. The maximum Gasteiger partial charge on any atom is 0.0184 e. The third-order valence-electron chi connectivity index (χ3n) is 9.02. The van der Waals surface area contributed by atoms with Gasteiger partial charge in [-0.3, -0.25) is 0 Å². The Morgan fingerprint density at radius 2 is 1.19 bits per heavy atom. The Labute approximate surface area is 263 Å². The van der Waals surface area contributed by atoms with Gasteiger partial charge in [-0.05, 0) is 81.2 Å². The zero-order chi connectivity index (χ0) is 30.5. The predicted octanol–water partition coefficient (Wildman–Crippen LogP) is 12.4. The minimum atomic E-state index is 0.786. The van der Waals surface area contributed by atoms with Crippen molar-refractivity contribution in [3.05, 3.63) is 53.2 Å². The van der Waals surface area contributed by atoms with Crippen LogP contribution in [0.1, 0.15) is 185 Å². The molecule has 2 nitrogen and oxygen atoms in total. The van der Waals surface area contributed by atoms with Gasteiger partial charge in [0.2, 0.25) is 0 Å². The van der Waals surface area contributed by atoms with E-state index in [1.54, 1.807) is 0 Å². The van der Waals surface area contributed by atoms with Crippen molar-refractivity contribution in [2.24, 2.45) is 5.73 Å². The molecule has 0 bridgehead atoms. The van der Waals surface area contributed by atoms with Crippen molar-refractivity contribution in [2.75, 3.05) is 13.1 Å². The SMILES string of the molecule is C=C(CCCCCCCCCCCCCCCCCCCCCC)NCC/C(=C/C)c1cc(CCCCN)ccc1C. The van der Waals surface area contributed by atoms with Crippen molar-refractivity contribution in [3.63, 3.8) is 0 Å². The van der Waals surface area contributed by atoms with Crippen LogP contribution in [-0.4, -0.2) is 13.1 Å². The van der Waals surface area contributed by atoms with Crippen LogP contribution in [-0.2, 0) is 6.42 Å². The fourth-order valence-electron chi connectivity index (χ4n) is 6.13. The molecule has 0 saturated carbocycles. The largest absolute Gasteiger partial charge is 0.388 e. The lowest BCUT2D eigenvalue weighted by molar-refractivity contribution is 0.521. The van der Waals surface area contributed by atoms with Gasteiger partial charge in [0.05, 0.1) is 0 Å². The molecule has 0 aliphatic rings. The highest BCUT2D eigenvalue weighted by atomic mass is 14.9. The van der Waals surface area contributed by atoms with Gasteiger partial charge in [-0.1, -0.05) is 160 Å². The second-order valence-electron chi connectivity index (χ2n) is 13.0. The van der Waals surface area contributed by atoms with E-state index in [0.717, 1.165) is 38.8 Å². The zero-order valence-corrected chi connectivity index (χ0v) is 28.7. The highest BCUT2D eigenvalue weighted by Crippen LogP contribution is 2.24. The van der Waals surface area contributed by atoms with Crippen LogP contribution in [0.15, 0.2) is 36.6 Å². The summed E-state index contributed by atoms with van der Waals surface area (Å²) in [6.07, 6.45) is 36.5. The van der Waals surface area contributed by atoms with Gasteiger partial charge in [-0.15, -0.1) is 0 Å². The third kappa shape index (κ3) is 21.2. The molecule has 0 atom stereocenters. The van der Waals surface area contributed by atoms with Crippen molar-refractivity contribution in [2.45, 2.75) is 181 Å². The first-order valence-corrected chi connectivity index (χ1v) is 18.5. The Morgan fingerprint density at radius 1 is 0.690 bits per heavy atom. The van der Waals surface area contributed by atoms with E-state index in [0.29, 0.717) is 0 Å². The molecule has 0 aliphatic carbocycles. The molecule has 0 aromatic heterocycles. The van der Waals surface area contributed by atoms with E-state index >= 15 is 0 Å². The molecular formula is C40H72N2. The fraction of sp³-hybridized carbons (Fsp3) is 0.750. The first-order chi connectivity index (χ1) is 20.6. The average Bonchev–Trinajstić information content (AvgIpc) is 2.99. The highest BCUT2D eigenvalue weighted by Gasteiger charge is 2.07. The van der Waals surface area contributed by atoms with E-state index in [-0.39, 0.29) is 0 Å². The molecule has 0 spiro atoms. The number of nitrogens with one attached hydrogen (secondary N) is 1. The molecule has 0 amide bonds. The molecule has 0 saturated heterocycles. The lowest BCUT2D eigenvalue weighted by Gasteiger charge is -2.15. The quantitative estimate of drug-likeness (QED) is 0.0888. The van der Waals surface area contributed by atoms with E-state index in [1.165, 1.54) is 163 Å². The third-order valence-corrected chi connectivity index (χ3v) is 9.02. The van der Waals surface area contributed by atoms with Crippen LogP contribution < -0.4 is 11.1 Å². The second kappa shape index (κ2) is 28.2. The first kappa shape index (κ1) is 38.5. The number of hydrogen-bond acceptors (Lipinski definition) is 2. The first-order valence-electron chi connectivity index (χ1n) is 18.5. The number of rotatable bonds is 30. The van der Waals surface area contributed by atoms with Crippen LogP contribution >= 0.6 is 0 Å². The van der Waals surface area contributed by atoms with Crippen molar-refractivity contribution in [1.82, 2.24) is 5.32 Å². The van der Waals surface area contributed by atoms with Gasteiger partial charge in [0.25, 0.3) is 0 Å². The van der Waals surface area contributed by atoms with Crippen LogP contribution in [0, 0.1) is 6.92 Å². The Bertz CT molecular complexity index is 793.